The first-order valence-electron chi connectivity index (χ1n) is 14.2. The number of hydrazone groups is 1. The van der Waals surface area contributed by atoms with Gasteiger partial charge in [0.1, 0.15) is 6.61 Å². The van der Waals surface area contributed by atoms with Gasteiger partial charge >= 0.3 is 0 Å². The average Bonchev–Trinajstić information content (AvgIpc) is 3.37. The number of nitrogens with zero attached hydrogens (tertiary/aromatic N) is 3. The number of hydrogen-bond acceptors (Lipinski definition) is 5. The van der Waals surface area contributed by atoms with Crippen molar-refractivity contribution in [3.8, 4) is 17.2 Å². The molecule has 3 aromatic carbocycles. The maximum atomic E-state index is 12.8. The van der Waals surface area contributed by atoms with Gasteiger partial charge < -0.3 is 18.9 Å². The number of carbonyl (C=O) groups is 2. The van der Waals surface area contributed by atoms with Crippen molar-refractivity contribution < 1.29 is 19.1 Å². The zero-order chi connectivity index (χ0) is 29.5. The molecule has 216 valence electrons. The lowest BCUT2D eigenvalue weighted by molar-refractivity contribution is 0.0724. The molecule has 1 aliphatic heterocycles. The van der Waals surface area contributed by atoms with Crippen LogP contribution in [0.1, 0.15) is 62.5 Å². The molecule has 0 radical (unpaired) electrons. The van der Waals surface area contributed by atoms with Crippen molar-refractivity contribution in [2.75, 3.05) is 20.2 Å². The molecule has 1 aromatic heterocycles. The molecule has 8 nitrogen and oxygen atoms in total. The summed E-state index contributed by atoms with van der Waals surface area (Å²) in [5.74, 6) is 0.922. The van der Waals surface area contributed by atoms with Gasteiger partial charge in [-0.2, -0.15) is 5.10 Å². The predicted molar refractivity (Wildman–Crippen MR) is 164 cm³/mol. The van der Waals surface area contributed by atoms with E-state index in [2.05, 4.69) is 15.1 Å². The number of amides is 2. The van der Waals surface area contributed by atoms with Crippen molar-refractivity contribution in [2.24, 2.45) is 5.10 Å². The van der Waals surface area contributed by atoms with Gasteiger partial charge in [0.2, 0.25) is 0 Å². The second-order valence-corrected chi connectivity index (χ2v) is 10.4. The molecular weight excluding hydrogens is 528 g/mol. The largest absolute Gasteiger partial charge is 0.493 e. The summed E-state index contributed by atoms with van der Waals surface area (Å²) in [7, 11) is 1.58. The van der Waals surface area contributed by atoms with Crippen LogP contribution in [0.5, 0.6) is 11.5 Å². The third kappa shape index (κ3) is 6.71. The summed E-state index contributed by atoms with van der Waals surface area (Å²) in [6.07, 6.45) is 4.90. The highest BCUT2D eigenvalue weighted by atomic mass is 16.5. The highest BCUT2D eigenvalue weighted by Gasteiger charge is 2.18. The number of methoxy groups -OCH3 is 1. The van der Waals surface area contributed by atoms with Gasteiger partial charge in [-0.25, -0.2) is 5.43 Å². The van der Waals surface area contributed by atoms with Crippen LogP contribution >= 0.6 is 0 Å². The summed E-state index contributed by atoms with van der Waals surface area (Å²) in [5.41, 5.74) is 8.64. The van der Waals surface area contributed by atoms with Crippen LogP contribution in [0.3, 0.4) is 0 Å². The first kappa shape index (κ1) is 28.7. The van der Waals surface area contributed by atoms with Crippen molar-refractivity contribution in [3.63, 3.8) is 0 Å². The molecule has 42 heavy (non-hydrogen) atoms. The molecule has 0 unspecified atom stereocenters. The number of aryl methyl sites for hydroxylation is 2. The van der Waals surface area contributed by atoms with Crippen molar-refractivity contribution >= 4 is 18.0 Å². The van der Waals surface area contributed by atoms with Crippen LogP contribution < -0.4 is 14.9 Å². The summed E-state index contributed by atoms with van der Waals surface area (Å²) in [5, 5.41) is 4.14. The molecule has 5 rings (SSSR count). The molecule has 0 spiro atoms. The molecule has 4 aromatic rings. The number of likely N-dealkylation sites (tertiary alicyclic amines) is 1. The number of ether oxygens (including phenoxy) is 2. The van der Waals surface area contributed by atoms with E-state index in [-0.39, 0.29) is 11.8 Å². The Kier molecular flexibility index (Phi) is 9.02. The van der Waals surface area contributed by atoms with E-state index >= 15 is 0 Å². The van der Waals surface area contributed by atoms with Gasteiger partial charge in [0, 0.05) is 41.3 Å². The number of rotatable bonds is 9. The van der Waals surface area contributed by atoms with Gasteiger partial charge in [-0.15, -0.1) is 0 Å². The van der Waals surface area contributed by atoms with E-state index in [1.54, 1.807) is 25.5 Å². The van der Waals surface area contributed by atoms with Gasteiger partial charge in [-0.3, -0.25) is 9.59 Å². The Hall–Kier alpha value is -4.85. The minimum absolute atomic E-state index is 0.0906. The molecule has 2 heterocycles. The van der Waals surface area contributed by atoms with Crippen LogP contribution in [0.25, 0.3) is 5.69 Å². The van der Waals surface area contributed by atoms with Crippen LogP contribution in [0.2, 0.25) is 0 Å². The summed E-state index contributed by atoms with van der Waals surface area (Å²) in [6, 6.07) is 24.5. The first-order valence-corrected chi connectivity index (χ1v) is 14.2. The summed E-state index contributed by atoms with van der Waals surface area (Å²) in [4.78, 5) is 27.4. The van der Waals surface area contributed by atoms with Crippen molar-refractivity contribution in [3.05, 3.63) is 113 Å². The van der Waals surface area contributed by atoms with Crippen molar-refractivity contribution in [1.29, 1.82) is 0 Å². The fraction of sp³-hybridized carbons (Fsp3) is 0.265. The zero-order valence-corrected chi connectivity index (χ0v) is 24.3. The van der Waals surface area contributed by atoms with Gasteiger partial charge in [0.15, 0.2) is 11.5 Å². The highest BCUT2D eigenvalue weighted by Crippen LogP contribution is 2.28. The first-order chi connectivity index (χ1) is 20.4. The average molecular weight is 565 g/mol. The molecule has 0 aliphatic carbocycles. The Morgan fingerprint density at radius 2 is 1.60 bits per heavy atom. The Labute approximate surface area is 246 Å². The van der Waals surface area contributed by atoms with E-state index in [1.807, 2.05) is 85.5 Å². The Morgan fingerprint density at radius 3 is 2.31 bits per heavy atom. The van der Waals surface area contributed by atoms with Crippen LogP contribution in [-0.2, 0) is 6.61 Å². The number of nitrogens with one attached hydrogen (secondary N) is 1. The SMILES string of the molecule is COc1cc(/C=N\NC(=O)c2cccc(-n3c(C)ccc3C)c2)ccc1OCc1ccc(C(=O)N2CCCCC2)cc1. The fourth-order valence-corrected chi connectivity index (χ4v) is 5.16. The number of aromatic nitrogens is 1. The molecule has 0 saturated carbocycles. The molecule has 2 amide bonds. The number of piperidine rings is 1. The molecule has 1 N–H and O–H groups in total. The van der Waals surface area contributed by atoms with Crippen LogP contribution in [-0.4, -0.2) is 47.7 Å². The second-order valence-electron chi connectivity index (χ2n) is 10.4. The summed E-state index contributed by atoms with van der Waals surface area (Å²) < 4.78 is 13.6. The lowest BCUT2D eigenvalue weighted by Crippen LogP contribution is -2.35. The van der Waals surface area contributed by atoms with Gasteiger partial charge in [0.25, 0.3) is 11.8 Å². The van der Waals surface area contributed by atoms with Gasteiger partial charge in [0.05, 0.1) is 13.3 Å². The van der Waals surface area contributed by atoms with E-state index in [0.29, 0.717) is 29.2 Å². The van der Waals surface area contributed by atoms with Crippen LogP contribution in [0.4, 0.5) is 0 Å². The summed E-state index contributed by atoms with van der Waals surface area (Å²) in [6.45, 7) is 6.06. The molecule has 0 bridgehead atoms. The molecule has 1 saturated heterocycles. The van der Waals surface area contributed by atoms with E-state index < -0.39 is 0 Å². The van der Waals surface area contributed by atoms with Crippen molar-refractivity contribution in [1.82, 2.24) is 14.9 Å². The third-order valence-corrected chi connectivity index (χ3v) is 7.44. The van der Waals surface area contributed by atoms with Crippen molar-refractivity contribution in [2.45, 2.75) is 39.7 Å². The Morgan fingerprint density at radius 1 is 0.857 bits per heavy atom. The van der Waals surface area contributed by atoms with Crippen LogP contribution in [0, 0.1) is 13.8 Å². The maximum absolute atomic E-state index is 12.8. The Balaban J connectivity index is 1.17. The molecule has 8 heteroatoms. The second kappa shape index (κ2) is 13.2. The molecule has 0 atom stereocenters. The van der Waals surface area contributed by atoms with E-state index in [1.165, 1.54) is 6.42 Å². The third-order valence-electron chi connectivity index (χ3n) is 7.44. The standard InChI is InChI=1S/C34H36N4O4/c1-24-10-11-25(2)38(24)30-9-7-8-29(21-30)33(39)36-35-22-27-14-17-31(32(20-27)41-3)42-23-26-12-15-28(16-13-26)34(40)37-18-5-4-6-19-37/h7-17,20-22H,4-6,18-19,23H2,1-3H3,(H,36,39)/b35-22-. The minimum Gasteiger partial charge on any atom is -0.493 e. The quantitative estimate of drug-likeness (QED) is 0.198. The topological polar surface area (TPSA) is 85.2 Å². The van der Waals surface area contributed by atoms with E-state index in [0.717, 1.165) is 54.1 Å². The monoisotopic (exact) mass is 564 g/mol. The number of hydrogen-bond donors (Lipinski definition) is 1. The van der Waals surface area contributed by atoms with E-state index in [4.69, 9.17) is 9.47 Å². The lowest BCUT2D eigenvalue weighted by Gasteiger charge is -2.26. The predicted octanol–water partition coefficient (Wildman–Crippen LogP) is 6.07. The smallest absolute Gasteiger partial charge is 0.271 e. The van der Waals surface area contributed by atoms with E-state index in [9.17, 15) is 9.59 Å². The number of carbonyl (C=O) groups excluding carboxylic acids is 2. The molecule has 1 fully saturated rings. The number of benzene rings is 3. The maximum Gasteiger partial charge on any atom is 0.271 e. The van der Waals surface area contributed by atoms with Gasteiger partial charge in [-0.1, -0.05) is 18.2 Å². The highest BCUT2D eigenvalue weighted by molar-refractivity contribution is 5.95. The van der Waals surface area contributed by atoms with Gasteiger partial charge in [-0.05, 0) is 105 Å². The molecular formula is C34H36N4O4. The van der Waals surface area contributed by atoms with Crippen LogP contribution in [0.15, 0.2) is 84.0 Å². The molecule has 1 aliphatic rings. The Bertz CT molecular complexity index is 1560. The zero-order valence-electron chi connectivity index (χ0n) is 24.3. The summed E-state index contributed by atoms with van der Waals surface area (Å²) >= 11 is 0. The lowest BCUT2D eigenvalue weighted by atomic mass is 10.1. The fourth-order valence-electron chi connectivity index (χ4n) is 5.16. The minimum atomic E-state index is -0.300. The normalized spacial score (nSPS) is 13.3.